The van der Waals surface area contributed by atoms with Gasteiger partial charge in [-0.2, -0.15) is 13.2 Å². The molecular formula is C29H36ClF5N6O3. The fourth-order valence-electron chi connectivity index (χ4n) is 5.41. The second-order valence-electron chi connectivity index (χ2n) is 10.8. The Balaban J connectivity index is 1.32. The highest BCUT2D eigenvalue weighted by molar-refractivity contribution is 6.31. The van der Waals surface area contributed by atoms with Crippen molar-refractivity contribution in [3.8, 4) is 0 Å². The fourth-order valence-corrected chi connectivity index (χ4v) is 5.57. The number of likely N-dealkylation sites (tertiary alicyclic amines) is 1. The van der Waals surface area contributed by atoms with Crippen LogP contribution >= 0.6 is 11.6 Å². The summed E-state index contributed by atoms with van der Waals surface area (Å²) >= 11 is 6.17. The van der Waals surface area contributed by atoms with E-state index in [1.54, 1.807) is 11.0 Å². The first-order valence-corrected chi connectivity index (χ1v) is 14.8. The van der Waals surface area contributed by atoms with E-state index in [9.17, 15) is 36.6 Å². The van der Waals surface area contributed by atoms with Crippen molar-refractivity contribution >= 4 is 34.9 Å². The summed E-state index contributed by atoms with van der Waals surface area (Å²) in [6, 6.07) is 6.48. The highest BCUT2D eigenvalue weighted by Crippen LogP contribution is 2.31. The lowest BCUT2D eigenvalue weighted by molar-refractivity contribution is -0.138. The minimum Gasteiger partial charge on any atom is -0.395 e. The molecule has 3 amide bonds. The molecule has 4 rings (SSSR count). The lowest BCUT2D eigenvalue weighted by atomic mass is 10.1. The Morgan fingerprint density at radius 3 is 2.43 bits per heavy atom. The van der Waals surface area contributed by atoms with Crippen molar-refractivity contribution in [2.75, 3.05) is 69.2 Å². The third kappa shape index (κ3) is 9.16. The predicted octanol–water partition coefficient (Wildman–Crippen LogP) is 4.20. The van der Waals surface area contributed by atoms with Gasteiger partial charge in [0, 0.05) is 69.0 Å². The first-order valence-electron chi connectivity index (χ1n) is 14.4. The number of halogens is 6. The van der Waals surface area contributed by atoms with Crippen molar-refractivity contribution in [2.24, 2.45) is 0 Å². The second-order valence-corrected chi connectivity index (χ2v) is 11.3. The van der Waals surface area contributed by atoms with Crippen LogP contribution in [-0.4, -0.2) is 98.0 Å². The summed E-state index contributed by atoms with van der Waals surface area (Å²) in [6.45, 7) is 2.83. The van der Waals surface area contributed by atoms with E-state index < -0.39 is 41.7 Å². The van der Waals surface area contributed by atoms with Crippen LogP contribution in [0.3, 0.4) is 0 Å². The largest absolute Gasteiger partial charge is 0.395 e. The molecule has 2 fully saturated rings. The molecule has 0 bridgehead atoms. The molecule has 0 saturated carbocycles. The van der Waals surface area contributed by atoms with Gasteiger partial charge in [-0.3, -0.25) is 14.6 Å². The van der Waals surface area contributed by atoms with Crippen LogP contribution in [-0.2, 0) is 6.54 Å². The zero-order chi connectivity index (χ0) is 31.9. The zero-order valence-electron chi connectivity index (χ0n) is 24.0. The first-order chi connectivity index (χ1) is 20.9. The van der Waals surface area contributed by atoms with E-state index in [0.29, 0.717) is 50.0 Å². The number of anilines is 2. The molecule has 44 heavy (non-hydrogen) atoms. The number of amides is 3. The summed E-state index contributed by atoms with van der Waals surface area (Å²) in [5.74, 6) is -3.55. The van der Waals surface area contributed by atoms with Crippen LogP contribution in [0.4, 0.5) is 38.1 Å². The van der Waals surface area contributed by atoms with Crippen LogP contribution in [0.1, 0.15) is 35.2 Å². The van der Waals surface area contributed by atoms with Gasteiger partial charge in [-0.25, -0.2) is 13.6 Å². The molecule has 0 spiro atoms. The van der Waals surface area contributed by atoms with Gasteiger partial charge in [0.25, 0.3) is 5.91 Å². The number of hydrogen-bond donors (Lipinski definition) is 4. The average molecular weight is 647 g/mol. The van der Waals surface area contributed by atoms with E-state index in [0.717, 1.165) is 25.5 Å². The smallest absolute Gasteiger partial charge is 0.390 e. The van der Waals surface area contributed by atoms with Crippen LogP contribution in [0.25, 0.3) is 0 Å². The number of rotatable bonds is 11. The van der Waals surface area contributed by atoms with Gasteiger partial charge in [0.1, 0.15) is 0 Å². The van der Waals surface area contributed by atoms with Gasteiger partial charge in [0.05, 0.1) is 30.0 Å². The SMILES string of the molecule is O=C(NCCN1CCC[C@H]1CO)NCc1ccc(C(=O)Nc2ccc(Cl)cc2N2CCN(CCC(F)(F)F)CC2)c(F)c1F. The van der Waals surface area contributed by atoms with Gasteiger partial charge in [-0.1, -0.05) is 17.7 Å². The van der Waals surface area contributed by atoms with E-state index >= 15 is 0 Å². The van der Waals surface area contributed by atoms with E-state index in [2.05, 4.69) is 20.9 Å². The highest BCUT2D eigenvalue weighted by atomic mass is 35.5. The van der Waals surface area contributed by atoms with Gasteiger partial charge in [-0.15, -0.1) is 0 Å². The molecule has 0 aliphatic carbocycles. The Labute approximate surface area is 257 Å². The maximum absolute atomic E-state index is 15.0. The van der Waals surface area contributed by atoms with E-state index in [-0.39, 0.29) is 37.0 Å². The zero-order valence-corrected chi connectivity index (χ0v) is 24.8. The Kier molecular flexibility index (Phi) is 11.6. The summed E-state index contributed by atoms with van der Waals surface area (Å²) in [5.41, 5.74) is 0.0949. The van der Waals surface area contributed by atoms with E-state index in [1.165, 1.54) is 18.2 Å². The topological polar surface area (TPSA) is 100 Å². The van der Waals surface area contributed by atoms with Gasteiger partial charge >= 0.3 is 12.2 Å². The molecule has 0 radical (unpaired) electrons. The number of alkyl halides is 3. The summed E-state index contributed by atoms with van der Waals surface area (Å²) in [7, 11) is 0. The molecule has 0 unspecified atom stereocenters. The number of nitrogens with one attached hydrogen (secondary N) is 3. The molecule has 2 saturated heterocycles. The molecule has 242 valence electrons. The van der Waals surface area contributed by atoms with Crippen molar-refractivity contribution in [3.63, 3.8) is 0 Å². The number of carbonyl (C=O) groups excluding carboxylic acids is 2. The van der Waals surface area contributed by atoms with Crippen molar-refractivity contribution in [3.05, 3.63) is 58.1 Å². The van der Waals surface area contributed by atoms with E-state index in [1.807, 2.05) is 4.90 Å². The van der Waals surface area contributed by atoms with Crippen LogP contribution in [0, 0.1) is 11.6 Å². The Hall–Kier alpha value is -3.20. The van der Waals surface area contributed by atoms with Crippen molar-refractivity contribution in [2.45, 2.75) is 38.0 Å². The molecule has 2 aromatic carbocycles. The molecule has 2 aromatic rings. The first kappa shape index (κ1) is 33.7. The maximum atomic E-state index is 15.0. The van der Waals surface area contributed by atoms with Crippen LogP contribution < -0.4 is 20.9 Å². The number of benzene rings is 2. The molecule has 9 nitrogen and oxygen atoms in total. The number of aliphatic hydroxyl groups is 1. The monoisotopic (exact) mass is 646 g/mol. The quantitative estimate of drug-likeness (QED) is 0.273. The summed E-state index contributed by atoms with van der Waals surface area (Å²) in [5, 5.41) is 17.5. The molecular weight excluding hydrogens is 611 g/mol. The Morgan fingerprint density at radius 1 is 0.977 bits per heavy atom. The van der Waals surface area contributed by atoms with Gasteiger partial charge in [0.2, 0.25) is 0 Å². The minimum atomic E-state index is -4.24. The predicted molar refractivity (Wildman–Crippen MR) is 157 cm³/mol. The third-order valence-corrected chi connectivity index (χ3v) is 8.11. The number of piperazine rings is 1. The number of carbonyl (C=O) groups is 2. The molecule has 0 aromatic heterocycles. The van der Waals surface area contributed by atoms with Crippen molar-refractivity contribution in [1.82, 2.24) is 20.4 Å². The maximum Gasteiger partial charge on any atom is 0.390 e. The Morgan fingerprint density at radius 2 is 1.73 bits per heavy atom. The van der Waals surface area contributed by atoms with Gasteiger partial charge in [0.15, 0.2) is 11.6 Å². The molecule has 2 aliphatic heterocycles. The number of nitrogens with zero attached hydrogens (tertiary/aromatic N) is 3. The standard InChI is InChI=1S/C29H36ClF5N6O3/c30-20-4-6-23(24(16-20)41-14-12-39(13-15-41)10-7-29(33,34)35)38-27(43)22-5-3-19(25(31)26(22)32)17-37-28(44)36-8-11-40-9-1-2-21(40)18-42/h3-6,16,21,42H,1-2,7-15,17-18H2,(H,38,43)(H2,36,37,44)/t21-/m0/s1. The van der Waals surface area contributed by atoms with Crippen LogP contribution in [0.5, 0.6) is 0 Å². The normalized spacial score (nSPS) is 18.0. The van der Waals surface area contributed by atoms with Gasteiger partial charge < -0.3 is 26.0 Å². The molecule has 2 heterocycles. The lowest BCUT2D eigenvalue weighted by Gasteiger charge is -2.37. The molecule has 1 atom stereocenters. The lowest BCUT2D eigenvalue weighted by Crippen LogP contribution is -2.47. The summed E-state index contributed by atoms with van der Waals surface area (Å²) in [6.07, 6.45) is -3.26. The van der Waals surface area contributed by atoms with Crippen LogP contribution in [0.2, 0.25) is 5.02 Å². The number of urea groups is 1. The summed E-state index contributed by atoms with van der Waals surface area (Å²) < 4.78 is 67.7. The molecule has 15 heteroatoms. The highest BCUT2D eigenvalue weighted by Gasteiger charge is 2.29. The molecule has 2 aliphatic rings. The van der Waals surface area contributed by atoms with E-state index in [4.69, 9.17) is 11.6 Å². The van der Waals surface area contributed by atoms with Crippen molar-refractivity contribution < 1.29 is 36.6 Å². The average Bonchev–Trinajstić information content (AvgIpc) is 3.45. The summed E-state index contributed by atoms with van der Waals surface area (Å²) in [4.78, 5) is 30.8. The third-order valence-electron chi connectivity index (χ3n) is 7.87. The van der Waals surface area contributed by atoms with Crippen molar-refractivity contribution in [1.29, 1.82) is 0 Å². The Bertz CT molecular complexity index is 1310. The second kappa shape index (κ2) is 15.2. The van der Waals surface area contributed by atoms with Gasteiger partial charge in [-0.05, 0) is 43.7 Å². The number of hydrogen-bond acceptors (Lipinski definition) is 6. The number of aliphatic hydroxyl groups excluding tert-OH is 1. The molecule has 4 N–H and O–H groups in total. The minimum absolute atomic E-state index is 0.0558. The van der Waals surface area contributed by atoms with Crippen LogP contribution in [0.15, 0.2) is 30.3 Å². The fraction of sp³-hybridized carbons (Fsp3) is 0.517.